The lowest BCUT2D eigenvalue weighted by Gasteiger charge is -2.12. The van der Waals surface area contributed by atoms with Crippen molar-refractivity contribution in [2.24, 2.45) is 5.92 Å². The Hall–Kier alpha value is -3.06. The summed E-state index contributed by atoms with van der Waals surface area (Å²) in [5, 5.41) is 8.31. The number of ketones is 1. The lowest BCUT2D eigenvalue weighted by atomic mass is 10.1. The molecule has 1 aromatic carbocycles. The Kier molecular flexibility index (Phi) is 8.24. The van der Waals surface area contributed by atoms with Gasteiger partial charge in [0.2, 0.25) is 5.88 Å². The topological polar surface area (TPSA) is 80.8 Å². The Bertz CT molecular complexity index is 1060. The molecule has 0 saturated carbocycles. The van der Waals surface area contributed by atoms with Gasteiger partial charge in [-0.2, -0.15) is 5.10 Å². The van der Waals surface area contributed by atoms with Gasteiger partial charge in [0, 0.05) is 12.1 Å². The number of H-pyrrole nitrogens is 1. The van der Waals surface area contributed by atoms with Crippen LogP contribution in [0.25, 0.3) is 21.6 Å². The van der Waals surface area contributed by atoms with E-state index in [1.165, 1.54) is 0 Å². The molecular weight excluding hydrogens is 396 g/mol. The molecule has 6 nitrogen and oxygen atoms in total. The van der Waals surface area contributed by atoms with Crippen LogP contribution in [0.15, 0.2) is 54.2 Å². The molecule has 0 aliphatic heterocycles. The normalized spacial score (nSPS) is 10.5. The number of aromatic amines is 1. The molecule has 4 rings (SSSR count). The Morgan fingerprint density at radius 2 is 1.73 bits per heavy atom. The zero-order valence-corrected chi connectivity index (χ0v) is 17.7. The Morgan fingerprint density at radius 1 is 1.03 bits per heavy atom. The number of carbonyl (C=O) groups excluding carboxylic acids is 1. The van der Waals surface area contributed by atoms with Crippen molar-refractivity contribution in [3.63, 3.8) is 0 Å². The van der Waals surface area contributed by atoms with E-state index >= 15 is 0 Å². The van der Waals surface area contributed by atoms with E-state index in [2.05, 4.69) is 15.2 Å². The highest BCUT2D eigenvalue weighted by atomic mass is 32.1. The maximum absolute atomic E-state index is 11.1. The van der Waals surface area contributed by atoms with Crippen molar-refractivity contribution >= 4 is 28.2 Å². The number of nitrogens with zero attached hydrogens (tertiary/aromatic N) is 3. The highest BCUT2D eigenvalue weighted by molar-refractivity contribution is 7.13. The van der Waals surface area contributed by atoms with Crippen molar-refractivity contribution in [1.82, 2.24) is 20.2 Å². The summed E-state index contributed by atoms with van der Waals surface area (Å²) in [4.78, 5) is 21.5. The van der Waals surface area contributed by atoms with Crippen LogP contribution in [0.1, 0.15) is 45.5 Å². The number of carbonyl (C=O) groups is 1. The number of hydrogen-bond acceptors (Lipinski definition) is 6. The van der Waals surface area contributed by atoms with E-state index in [4.69, 9.17) is 9.72 Å². The minimum absolute atomic E-state index is 0. The van der Waals surface area contributed by atoms with Crippen molar-refractivity contribution in [2.45, 2.75) is 41.2 Å². The second kappa shape index (κ2) is 10.6. The standard InChI is InChI=1S/C15H14N2OS.C7H10N2O.CH4/c1-10(2)18-15-14(13-8-5-9-19-13)16-11-6-3-4-7-12(11)17-15;1-5(2)7(10)6-3-8-9-4-6;/h3-10H,1-2H3;3-5H,1-2H3,(H,8,9);1H4. The number of Topliss-reactive ketones (excluding diaryl/α,β-unsaturated/α-hetero) is 1. The van der Waals surface area contributed by atoms with Crippen LogP contribution in [0.2, 0.25) is 0 Å². The van der Waals surface area contributed by atoms with Crippen LogP contribution in [-0.4, -0.2) is 32.1 Å². The molecule has 158 valence electrons. The van der Waals surface area contributed by atoms with Gasteiger partial charge >= 0.3 is 0 Å². The minimum Gasteiger partial charge on any atom is -0.473 e. The van der Waals surface area contributed by atoms with Gasteiger partial charge in [0.25, 0.3) is 0 Å². The number of hydrogen-bond donors (Lipinski definition) is 1. The maximum Gasteiger partial charge on any atom is 0.242 e. The summed E-state index contributed by atoms with van der Waals surface area (Å²) in [6.07, 6.45) is 3.24. The number of nitrogens with one attached hydrogen (secondary N) is 1. The van der Waals surface area contributed by atoms with Gasteiger partial charge in [0.1, 0.15) is 5.69 Å². The zero-order valence-electron chi connectivity index (χ0n) is 16.9. The van der Waals surface area contributed by atoms with E-state index in [1.54, 1.807) is 23.7 Å². The third-order valence-corrected chi connectivity index (χ3v) is 4.82. The first-order chi connectivity index (χ1) is 14.0. The second-order valence-electron chi connectivity index (χ2n) is 7.02. The molecule has 30 heavy (non-hydrogen) atoms. The fourth-order valence-electron chi connectivity index (χ4n) is 2.58. The number of aromatic nitrogens is 4. The average Bonchev–Trinajstić information content (AvgIpc) is 3.41. The van der Waals surface area contributed by atoms with Crippen molar-refractivity contribution in [3.05, 3.63) is 59.7 Å². The second-order valence-corrected chi connectivity index (χ2v) is 7.96. The Morgan fingerprint density at radius 3 is 2.27 bits per heavy atom. The molecule has 0 atom stereocenters. The minimum atomic E-state index is 0. The Labute approximate surface area is 181 Å². The van der Waals surface area contributed by atoms with Gasteiger partial charge in [0.05, 0.1) is 33.8 Å². The predicted octanol–water partition coefficient (Wildman–Crippen LogP) is 6.03. The van der Waals surface area contributed by atoms with Gasteiger partial charge in [0.15, 0.2) is 5.78 Å². The van der Waals surface area contributed by atoms with E-state index in [-0.39, 0.29) is 25.2 Å². The van der Waals surface area contributed by atoms with Gasteiger partial charge in [-0.3, -0.25) is 9.89 Å². The van der Waals surface area contributed by atoms with E-state index < -0.39 is 0 Å². The lowest BCUT2D eigenvalue weighted by Crippen LogP contribution is -2.08. The van der Waals surface area contributed by atoms with Crippen LogP contribution >= 0.6 is 11.3 Å². The zero-order chi connectivity index (χ0) is 20.8. The van der Waals surface area contributed by atoms with Crippen LogP contribution in [0.5, 0.6) is 5.88 Å². The fourth-order valence-corrected chi connectivity index (χ4v) is 3.29. The summed E-state index contributed by atoms with van der Waals surface area (Å²) in [5.41, 5.74) is 3.23. The number of rotatable bonds is 5. The van der Waals surface area contributed by atoms with E-state index in [0.717, 1.165) is 21.6 Å². The van der Waals surface area contributed by atoms with Crippen molar-refractivity contribution < 1.29 is 9.53 Å². The van der Waals surface area contributed by atoms with Gasteiger partial charge < -0.3 is 4.74 Å². The van der Waals surface area contributed by atoms with E-state index in [0.29, 0.717) is 11.4 Å². The van der Waals surface area contributed by atoms with E-state index in [1.807, 2.05) is 69.5 Å². The third kappa shape index (κ3) is 5.73. The average molecular weight is 425 g/mol. The molecule has 7 heteroatoms. The van der Waals surface area contributed by atoms with Crippen molar-refractivity contribution in [3.8, 4) is 16.5 Å². The smallest absolute Gasteiger partial charge is 0.242 e. The molecule has 0 amide bonds. The molecule has 0 aliphatic carbocycles. The summed E-state index contributed by atoms with van der Waals surface area (Å²) in [6, 6.07) is 11.9. The molecular formula is C23H28N4O2S. The number of benzene rings is 1. The summed E-state index contributed by atoms with van der Waals surface area (Å²) in [5.74, 6) is 0.794. The van der Waals surface area contributed by atoms with Crippen LogP contribution in [0.3, 0.4) is 0 Å². The van der Waals surface area contributed by atoms with Gasteiger partial charge in [-0.25, -0.2) is 9.97 Å². The highest BCUT2D eigenvalue weighted by Crippen LogP contribution is 2.32. The van der Waals surface area contributed by atoms with Crippen molar-refractivity contribution in [1.29, 1.82) is 0 Å². The molecule has 3 heterocycles. The summed E-state index contributed by atoms with van der Waals surface area (Å²) >= 11 is 1.64. The molecule has 4 aromatic rings. The molecule has 0 fully saturated rings. The quantitative estimate of drug-likeness (QED) is 0.396. The number of thiophene rings is 1. The van der Waals surface area contributed by atoms with Gasteiger partial charge in [-0.05, 0) is 37.4 Å². The first kappa shape index (κ1) is 23.2. The number of fused-ring (bicyclic) bond motifs is 1. The molecule has 0 radical (unpaired) electrons. The van der Waals surface area contributed by atoms with Crippen LogP contribution in [0.4, 0.5) is 0 Å². The molecule has 0 aliphatic rings. The number of ether oxygens (including phenoxy) is 1. The highest BCUT2D eigenvalue weighted by Gasteiger charge is 2.14. The monoisotopic (exact) mass is 424 g/mol. The molecule has 1 N–H and O–H groups in total. The molecule has 3 aromatic heterocycles. The van der Waals surface area contributed by atoms with Crippen LogP contribution in [0, 0.1) is 5.92 Å². The summed E-state index contributed by atoms with van der Waals surface area (Å²) in [6.45, 7) is 7.73. The summed E-state index contributed by atoms with van der Waals surface area (Å²) < 4.78 is 5.81. The van der Waals surface area contributed by atoms with Gasteiger partial charge in [-0.1, -0.05) is 39.5 Å². The van der Waals surface area contributed by atoms with Crippen LogP contribution < -0.4 is 4.74 Å². The third-order valence-electron chi connectivity index (χ3n) is 3.95. The maximum atomic E-state index is 11.1. The molecule has 0 bridgehead atoms. The number of para-hydroxylation sites is 2. The summed E-state index contributed by atoms with van der Waals surface area (Å²) in [7, 11) is 0. The largest absolute Gasteiger partial charge is 0.473 e. The van der Waals surface area contributed by atoms with E-state index in [9.17, 15) is 4.79 Å². The van der Waals surface area contributed by atoms with Gasteiger partial charge in [-0.15, -0.1) is 11.3 Å². The Balaban J connectivity index is 0.000000249. The van der Waals surface area contributed by atoms with Crippen molar-refractivity contribution in [2.75, 3.05) is 0 Å². The molecule has 0 saturated heterocycles. The lowest BCUT2D eigenvalue weighted by molar-refractivity contribution is 0.0939. The first-order valence-corrected chi connectivity index (χ1v) is 10.3. The SMILES string of the molecule is C.CC(C)C(=O)c1cn[nH]c1.CC(C)Oc1nc2ccccc2nc1-c1cccs1. The van der Waals surface area contributed by atoms with Crippen LogP contribution in [-0.2, 0) is 0 Å². The molecule has 0 spiro atoms. The fraction of sp³-hybridized carbons (Fsp3) is 0.304. The molecule has 0 unspecified atom stereocenters. The predicted molar refractivity (Wildman–Crippen MR) is 123 cm³/mol. The first-order valence-electron chi connectivity index (χ1n) is 9.46.